The highest BCUT2D eigenvalue weighted by Gasteiger charge is 2.47. The molecule has 1 N–H and O–H groups in total. The lowest BCUT2D eigenvalue weighted by molar-refractivity contribution is -0.142. The van der Waals surface area contributed by atoms with E-state index in [0.29, 0.717) is 30.3 Å². The van der Waals surface area contributed by atoms with E-state index in [4.69, 9.17) is 0 Å². The van der Waals surface area contributed by atoms with E-state index in [1.54, 1.807) is 9.58 Å². The standard InChI is InChI=1S/C20H23N3O3/c1-12-18(13(2)23(21-12)15-6-4-3-5-7-15)19(24)22-10-16(14-8-9-14)17(11-22)20(25)26/h3-7,14,16-17H,8-11H2,1-2H3,(H,25,26)/t16-,17+/m1/s1. The molecule has 0 radical (unpaired) electrons. The molecule has 2 atom stereocenters. The molecule has 1 saturated carbocycles. The van der Waals surface area contributed by atoms with Crippen molar-refractivity contribution in [1.82, 2.24) is 14.7 Å². The van der Waals surface area contributed by atoms with Gasteiger partial charge in [-0.3, -0.25) is 9.59 Å². The van der Waals surface area contributed by atoms with E-state index in [0.717, 1.165) is 24.2 Å². The van der Waals surface area contributed by atoms with Crippen molar-refractivity contribution in [2.75, 3.05) is 13.1 Å². The summed E-state index contributed by atoms with van der Waals surface area (Å²) in [6, 6.07) is 9.71. The average Bonchev–Trinajstić information content (AvgIpc) is 3.30. The fourth-order valence-corrected chi connectivity index (χ4v) is 4.19. The number of carbonyl (C=O) groups is 2. The lowest BCUT2D eigenvalue weighted by Gasteiger charge is -2.16. The van der Waals surface area contributed by atoms with Crippen molar-refractivity contribution < 1.29 is 14.7 Å². The quantitative estimate of drug-likeness (QED) is 0.917. The van der Waals surface area contributed by atoms with Crippen LogP contribution >= 0.6 is 0 Å². The van der Waals surface area contributed by atoms with E-state index in [1.165, 1.54) is 0 Å². The van der Waals surface area contributed by atoms with Crippen molar-refractivity contribution in [2.45, 2.75) is 26.7 Å². The number of benzene rings is 1. The van der Waals surface area contributed by atoms with Gasteiger partial charge in [0.2, 0.25) is 0 Å². The van der Waals surface area contributed by atoms with Crippen LogP contribution in [0.15, 0.2) is 30.3 Å². The molecule has 1 saturated heterocycles. The third-order valence-electron chi connectivity index (χ3n) is 5.70. The normalized spacial score (nSPS) is 22.6. The monoisotopic (exact) mass is 353 g/mol. The first-order chi connectivity index (χ1) is 12.5. The summed E-state index contributed by atoms with van der Waals surface area (Å²) in [6.45, 7) is 4.56. The van der Waals surface area contributed by atoms with Gasteiger partial charge in [0.25, 0.3) is 5.91 Å². The van der Waals surface area contributed by atoms with E-state index >= 15 is 0 Å². The number of para-hydroxylation sites is 1. The molecule has 2 aliphatic rings. The number of rotatable bonds is 4. The summed E-state index contributed by atoms with van der Waals surface area (Å²) in [4.78, 5) is 26.5. The summed E-state index contributed by atoms with van der Waals surface area (Å²) in [6.07, 6.45) is 2.17. The van der Waals surface area contributed by atoms with Gasteiger partial charge in [-0.25, -0.2) is 4.68 Å². The van der Waals surface area contributed by atoms with Crippen LogP contribution in [0, 0.1) is 31.6 Å². The molecule has 1 aliphatic heterocycles. The Bertz CT molecular complexity index is 855. The molecule has 0 bridgehead atoms. The zero-order chi connectivity index (χ0) is 18.4. The van der Waals surface area contributed by atoms with E-state index in [9.17, 15) is 14.7 Å². The van der Waals surface area contributed by atoms with Crippen LogP contribution in [0.4, 0.5) is 0 Å². The summed E-state index contributed by atoms with van der Waals surface area (Å²) in [5.41, 5.74) is 2.97. The first-order valence-electron chi connectivity index (χ1n) is 9.11. The number of aliphatic carboxylic acids is 1. The zero-order valence-electron chi connectivity index (χ0n) is 15.1. The molecular formula is C20H23N3O3. The van der Waals surface area contributed by atoms with Gasteiger partial charge in [0.15, 0.2) is 0 Å². The van der Waals surface area contributed by atoms with Crippen molar-refractivity contribution >= 4 is 11.9 Å². The number of hydrogen-bond donors (Lipinski definition) is 1. The van der Waals surface area contributed by atoms with Gasteiger partial charge < -0.3 is 10.0 Å². The SMILES string of the molecule is Cc1nn(-c2ccccc2)c(C)c1C(=O)N1C[C@H](C(=O)O)[C@@H](C2CC2)C1. The highest BCUT2D eigenvalue weighted by atomic mass is 16.4. The van der Waals surface area contributed by atoms with Crippen LogP contribution in [-0.2, 0) is 4.79 Å². The fourth-order valence-electron chi connectivity index (χ4n) is 4.19. The minimum absolute atomic E-state index is 0.0845. The van der Waals surface area contributed by atoms with Gasteiger partial charge in [-0.15, -0.1) is 0 Å². The van der Waals surface area contributed by atoms with Crippen LogP contribution in [0.2, 0.25) is 0 Å². The molecule has 6 nitrogen and oxygen atoms in total. The van der Waals surface area contributed by atoms with Crippen molar-refractivity contribution in [3.63, 3.8) is 0 Å². The number of hydrogen-bond acceptors (Lipinski definition) is 3. The van der Waals surface area contributed by atoms with Gasteiger partial charge in [0.05, 0.1) is 28.6 Å². The first kappa shape index (κ1) is 16.8. The predicted octanol–water partition coefficient (Wildman–Crippen LogP) is 2.67. The maximum absolute atomic E-state index is 13.2. The Morgan fingerprint density at radius 3 is 2.42 bits per heavy atom. The minimum Gasteiger partial charge on any atom is -0.481 e. The van der Waals surface area contributed by atoms with Gasteiger partial charge >= 0.3 is 5.97 Å². The van der Waals surface area contributed by atoms with Crippen LogP contribution in [-0.4, -0.2) is 44.8 Å². The van der Waals surface area contributed by atoms with Crippen molar-refractivity contribution in [3.8, 4) is 5.69 Å². The number of nitrogens with zero attached hydrogens (tertiary/aromatic N) is 3. The van der Waals surface area contributed by atoms with Gasteiger partial charge in [-0.1, -0.05) is 18.2 Å². The Kier molecular flexibility index (Phi) is 4.05. The third kappa shape index (κ3) is 2.79. The third-order valence-corrected chi connectivity index (χ3v) is 5.70. The number of aromatic nitrogens is 2. The molecule has 1 aliphatic carbocycles. The summed E-state index contributed by atoms with van der Waals surface area (Å²) >= 11 is 0. The Morgan fingerprint density at radius 2 is 1.81 bits per heavy atom. The smallest absolute Gasteiger partial charge is 0.308 e. The average molecular weight is 353 g/mol. The summed E-state index contributed by atoms with van der Waals surface area (Å²) in [5, 5.41) is 14.1. The van der Waals surface area contributed by atoms with Crippen molar-refractivity contribution in [2.24, 2.45) is 17.8 Å². The molecule has 136 valence electrons. The molecule has 1 amide bonds. The summed E-state index contributed by atoms with van der Waals surface area (Å²) < 4.78 is 1.78. The summed E-state index contributed by atoms with van der Waals surface area (Å²) in [5.74, 6) is -0.789. The molecule has 4 rings (SSSR count). The van der Waals surface area contributed by atoms with E-state index in [2.05, 4.69) is 5.10 Å². The molecule has 0 spiro atoms. The molecular weight excluding hydrogens is 330 g/mol. The second kappa shape index (κ2) is 6.27. The van der Waals surface area contributed by atoms with E-state index in [-0.39, 0.29) is 11.8 Å². The summed E-state index contributed by atoms with van der Waals surface area (Å²) in [7, 11) is 0. The fraction of sp³-hybridized carbons (Fsp3) is 0.450. The maximum atomic E-state index is 13.2. The molecule has 1 aromatic carbocycles. The van der Waals surface area contributed by atoms with Crippen LogP contribution < -0.4 is 0 Å². The molecule has 6 heteroatoms. The Labute approximate surface area is 152 Å². The molecule has 26 heavy (non-hydrogen) atoms. The number of amides is 1. The second-order valence-electron chi connectivity index (χ2n) is 7.45. The van der Waals surface area contributed by atoms with Gasteiger partial charge in [0.1, 0.15) is 0 Å². The minimum atomic E-state index is -0.786. The largest absolute Gasteiger partial charge is 0.481 e. The molecule has 2 fully saturated rings. The zero-order valence-corrected chi connectivity index (χ0v) is 15.1. The Morgan fingerprint density at radius 1 is 1.12 bits per heavy atom. The van der Waals surface area contributed by atoms with E-state index in [1.807, 2.05) is 44.2 Å². The molecule has 1 aromatic heterocycles. The number of carboxylic acids is 1. The number of carbonyl (C=O) groups excluding carboxylic acids is 1. The molecule has 0 unspecified atom stereocenters. The van der Waals surface area contributed by atoms with Crippen LogP contribution in [0.25, 0.3) is 5.69 Å². The van der Waals surface area contributed by atoms with Gasteiger partial charge in [-0.2, -0.15) is 5.10 Å². The van der Waals surface area contributed by atoms with Crippen LogP contribution in [0.5, 0.6) is 0 Å². The predicted molar refractivity (Wildman–Crippen MR) is 96.3 cm³/mol. The van der Waals surface area contributed by atoms with Crippen LogP contribution in [0.3, 0.4) is 0 Å². The lowest BCUT2D eigenvalue weighted by Crippen LogP contribution is -2.30. The number of likely N-dealkylation sites (tertiary alicyclic amines) is 1. The first-order valence-corrected chi connectivity index (χ1v) is 9.11. The number of carboxylic acid groups (broad SMARTS) is 1. The highest BCUT2D eigenvalue weighted by Crippen LogP contribution is 2.44. The highest BCUT2D eigenvalue weighted by molar-refractivity contribution is 5.97. The lowest BCUT2D eigenvalue weighted by atomic mass is 9.92. The maximum Gasteiger partial charge on any atom is 0.308 e. The molecule has 2 heterocycles. The van der Waals surface area contributed by atoms with Crippen LogP contribution in [0.1, 0.15) is 34.6 Å². The Balaban J connectivity index is 1.63. The van der Waals surface area contributed by atoms with Crippen molar-refractivity contribution in [3.05, 3.63) is 47.3 Å². The molecule has 2 aromatic rings. The van der Waals surface area contributed by atoms with Gasteiger partial charge in [0, 0.05) is 13.1 Å². The van der Waals surface area contributed by atoms with E-state index < -0.39 is 11.9 Å². The van der Waals surface area contributed by atoms with Crippen molar-refractivity contribution in [1.29, 1.82) is 0 Å². The Hall–Kier alpha value is -2.63. The van der Waals surface area contributed by atoms with Gasteiger partial charge in [-0.05, 0) is 50.7 Å². The number of aryl methyl sites for hydroxylation is 1. The second-order valence-corrected chi connectivity index (χ2v) is 7.45. The topological polar surface area (TPSA) is 75.4 Å².